The minimum Gasteiger partial charge on any atom is -0.324 e. The lowest BCUT2D eigenvalue weighted by molar-refractivity contribution is 0.975. The summed E-state index contributed by atoms with van der Waals surface area (Å²) in [6.45, 7) is 12.0. The van der Waals surface area contributed by atoms with Crippen LogP contribution in [-0.2, 0) is 0 Å². The molecule has 130 valence electrons. The number of hydrogen-bond donors (Lipinski definition) is 1. The van der Waals surface area contributed by atoms with Crippen molar-refractivity contribution in [1.82, 2.24) is 19.5 Å². The molecule has 2 aromatic heterocycles. The number of anilines is 2. The van der Waals surface area contributed by atoms with Crippen LogP contribution in [0.4, 0.5) is 11.6 Å². The molecule has 0 saturated carbocycles. The second kappa shape index (κ2) is 13.9. The van der Waals surface area contributed by atoms with E-state index >= 15 is 0 Å². The van der Waals surface area contributed by atoms with Crippen LogP contribution in [0, 0.1) is 0 Å². The number of aromatic nitrogens is 4. The van der Waals surface area contributed by atoms with E-state index in [4.69, 9.17) is 0 Å². The third-order valence-electron chi connectivity index (χ3n) is 2.44. The van der Waals surface area contributed by atoms with Gasteiger partial charge in [0.1, 0.15) is 12.1 Å². The van der Waals surface area contributed by atoms with Gasteiger partial charge in [-0.05, 0) is 18.2 Å². The Morgan fingerprint density at radius 3 is 2.08 bits per heavy atom. The summed E-state index contributed by atoms with van der Waals surface area (Å²) in [6, 6.07) is 11.6. The monoisotopic (exact) mass is 327 g/mol. The van der Waals surface area contributed by atoms with Crippen molar-refractivity contribution < 1.29 is 0 Å². The van der Waals surface area contributed by atoms with E-state index in [1.54, 1.807) is 18.7 Å². The van der Waals surface area contributed by atoms with E-state index in [1.165, 1.54) is 0 Å². The van der Waals surface area contributed by atoms with Gasteiger partial charge >= 0.3 is 0 Å². The molecular weight excluding hydrogens is 298 g/mol. The number of nitrogens with one attached hydrogen (secondary N) is 1. The molecule has 5 heteroatoms. The molecule has 24 heavy (non-hydrogen) atoms. The van der Waals surface area contributed by atoms with Gasteiger partial charge in [-0.3, -0.25) is 4.57 Å². The number of hydrogen-bond acceptors (Lipinski definition) is 4. The van der Waals surface area contributed by atoms with E-state index < -0.39 is 0 Å². The fraction of sp³-hybridized carbons (Fsp3) is 0.316. The molecule has 0 bridgehead atoms. The highest BCUT2D eigenvalue weighted by Crippen LogP contribution is 2.12. The third-order valence-corrected chi connectivity index (χ3v) is 2.44. The van der Waals surface area contributed by atoms with E-state index in [-0.39, 0.29) is 0 Å². The van der Waals surface area contributed by atoms with Crippen molar-refractivity contribution in [2.75, 3.05) is 5.32 Å². The van der Waals surface area contributed by atoms with Crippen molar-refractivity contribution in [3.63, 3.8) is 0 Å². The molecule has 2 heterocycles. The van der Waals surface area contributed by atoms with Crippen molar-refractivity contribution in [1.29, 1.82) is 0 Å². The van der Waals surface area contributed by atoms with Crippen molar-refractivity contribution in [2.45, 2.75) is 41.5 Å². The van der Waals surface area contributed by atoms with Crippen LogP contribution >= 0.6 is 0 Å². The van der Waals surface area contributed by atoms with Crippen molar-refractivity contribution in [2.24, 2.45) is 0 Å². The fourth-order valence-electron chi connectivity index (χ4n) is 1.60. The Labute approximate surface area is 145 Å². The number of imidazole rings is 1. The van der Waals surface area contributed by atoms with Crippen LogP contribution in [-0.4, -0.2) is 19.5 Å². The van der Waals surface area contributed by atoms with Crippen molar-refractivity contribution in [3.8, 4) is 5.82 Å². The summed E-state index contributed by atoms with van der Waals surface area (Å²) >= 11 is 0. The van der Waals surface area contributed by atoms with Crippen molar-refractivity contribution >= 4 is 11.6 Å². The van der Waals surface area contributed by atoms with E-state index in [0.29, 0.717) is 5.95 Å². The lowest BCUT2D eigenvalue weighted by atomic mass is 10.3. The van der Waals surface area contributed by atoms with E-state index in [0.717, 1.165) is 11.5 Å². The topological polar surface area (TPSA) is 55.6 Å². The maximum Gasteiger partial charge on any atom is 0.229 e. The van der Waals surface area contributed by atoms with Crippen LogP contribution < -0.4 is 5.32 Å². The van der Waals surface area contributed by atoms with Gasteiger partial charge in [0.25, 0.3) is 0 Å². The predicted molar refractivity (Wildman–Crippen MR) is 103 cm³/mol. The normalized spacial score (nSPS) is 8.42. The molecule has 0 radical (unpaired) electrons. The third kappa shape index (κ3) is 7.05. The molecule has 0 atom stereocenters. The van der Waals surface area contributed by atoms with Crippen LogP contribution in [0.15, 0.2) is 61.3 Å². The van der Waals surface area contributed by atoms with Gasteiger partial charge in [-0.1, -0.05) is 59.7 Å². The molecule has 0 fully saturated rings. The van der Waals surface area contributed by atoms with Gasteiger partial charge in [0.15, 0.2) is 0 Å². The molecule has 0 saturated heterocycles. The second-order valence-corrected chi connectivity index (χ2v) is 3.70. The van der Waals surface area contributed by atoms with Gasteiger partial charge in [0.05, 0.1) is 0 Å². The predicted octanol–water partition coefficient (Wildman–Crippen LogP) is 5.48. The standard InChI is InChI=1S/C13H11N5.3C2H6/c1-2-4-11(5-3-1)16-13-15-7-6-12(17-13)18-9-8-14-10-18;3*1-2/h1-10H,(H,15,16,17);3*1-2H3. The lowest BCUT2D eigenvalue weighted by Crippen LogP contribution is -2.01. The minimum absolute atomic E-state index is 0.562. The highest BCUT2D eigenvalue weighted by molar-refractivity contribution is 5.53. The minimum atomic E-state index is 0.562. The molecule has 5 nitrogen and oxygen atoms in total. The molecule has 0 aliphatic rings. The van der Waals surface area contributed by atoms with Gasteiger partial charge in [-0.25, -0.2) is 9.97 Å². The zero-order valence-corrected chi connectivity index (χ0v) is 15.6. The van der Waals surface area contributed by atoms with E-state index in [2.05, 4.69) is 20.3 Å². The van der Waals surface area contributed by atoms with Crippen LogP contribution in [0.3, 0.4) is 0 Å². The Hall–Kier alpha value is -2.69. The molecular formula is C19H29N5. The number of para-hydroxylation sites is 1. The van der Waals surface area contributed by atoms with Gasteiger partial charge in [0.2, 0.25) is 5.95 Å². The summed E-state index contributed by atoms with van der Waals surface area (Å²) in [6.07, 6.45) is 6.98. The SMILES string of the molecule is CC.CC.CC.c1ccc(Nc2nccc(-n3ccnc3)n2)cc1. The molecule has 1 N–H and O–H groups in total. The Balaban J connectivity index is 0.000000798. The first-order valence-corrected chi connectivity index (χ1v) is 8.55. The first-order valence-electron chi connectivity index (χ1n) is 8.55. The zero-order chi connectivity index (χ0) is 18.2. The average molecular weight is 327 g/mol. The van der Waals surface area contributed by atoms with Gasteiger partial charge in [-0.2, -0.15) is 4.98 Å². The zero-order valence-electron chi connectivity index (χ0n) is 15.6. The maximum atomic E-state index is 4.41. The largest absolute Gasteiger partial charge is 0.324 e. The first kappa shape index (κ1) is 21.3. The second-order valence-electron chi connectivity index (χ2n) is 3.70. The highest BCUT2D eigenvalue weighted by atomic mass is 15.2. The molecule has 1 aromatic carbocycles. The highest BCUT2D eigenvalue weighted by Gasteiger charge is 2.01. The Bertz CT molecular complexity index is 621. The van der Waals surface area contributed by atoms with E-state index in [1.807, 2.05) is 88.7 Å². The molecule has 3 rings (SSSR count). The summed E-state index contributed by atoms with van der Waals surface area (Å²) in [5.74, 6) is 1.34. The molecule has 0 amide bonds. The quantitative estimate of drug-likeness (QED) is 0.691. The molecule has 0 aliphatic heterocycles. The summed E-state index contributed by atoms with van der Waals surface area (Å²) in [5.41, 5.74) is 0.959. The first-order chi connectivity index (χ1) is 11.9. The summed E-state index contributed by atoms with van der Waals surface area (Å²) in [7, 11) is 0. The maximum absolute atomic E-state index is 4.41. The molecule has 0 spiro atoms. The van der Waals surface area contributed by atoms with Crippen LogP contribution in [0.5, 0.6) is 0 Å². The Morgan fingerprint density at radius 2 is 1.50 bits per heavy atom. The number of rotatable bonds is 3. The van der Waals surface area contributed by atoms with Crippen molar-refractivity contribution in [3.05, 3.63) is 61.3 Å². The molecule has 3 aromatic rings. The summed E-state index contributed by atoms with van der Waals surface area (Å²) < 4.78 is 1.83. The average Bonchev–Trinajstić information content (AvgIpc) is 3.23. The number of benzene rings is 1. The Morgan fingerprint density at radius 1 is 0.833 bits per heavy atom. The summed E-state index contributed by atoms with van der Waals surface area (Å²) in [4.78, 5) is 12.6. The van der Waals surface area contributed by atoms with Crippen LogP contribution in [0.2, 0.25) is 0 Å². The van der Waals surface area contributed by atoms with Gasteiger partial charge in [0, 0.05) is 24.3 Å². The van der Waals surface area contributed by atoms with Gasteiger partial charge < -0.3 is 5.32 Å². The van der Waals surface area contributed by atoms with E-state index in [9.17, 15) is 0 Å². The van der Waals surface area contributed by atoms with Crippen LogP contribution in [0.1, 0.15) is 41.5 Å². The molecule has 0 aliphatic carbocycles. The number of nitrogens with zero attached hydrogens (tertiary/aromatic N) is 4. The van der Waals surface area contributed by atoms with Gasteiger partial charge in [-0.15, -0.1) is 0 Å². The van der Waals surface area contributed by atoms with Crippen LogP contribution in [0.25, 0.3) is 5.82 Å². The Kier molecular flexibility index (Phi) is 12.4. The molecule has 0 unspecified atom stereocenters. The smallest absolute Gasteiger partial charge is 0.229 e. The fourth-order valence-corrected chi connectivity index (χ4v) is 1.60. The lowest BCUT2D eigenvalue weighted by Gasteiger charge is -2.06. The summed E-state index contributed by atoms with van der Waals surface area (Å²) in [5, 5.41) is 3.15.